The van der Waals surface area contributed by atoms with E-state index in [-0.39, 0.29) is 0 Å². The molecule has 0 amide bonds. The van der Waals surface area contributed by atoms with E-state index in [2.05, 4.69) is 0 Å². The summed E-state index contributed by atoms with van der Waals surface area (Å²) in [5.74, 6) is -0.782. The molecule has 0 saturated heterocycles. The van der Waals surface area contributed by atoms with E-state index in [1.165, 1.54) is 22.1 Å². The summed E-state index contributed by atoms with van der Waals surface area (Å²) in [4.78, 5) is 0. The molecule has 0 fully saturated rings. The number of hydrogen-bond acceptors (Lipinski definition) is 0. The van der Waals surface area contributed by atoms with E-state index in [0.717, 1.165) is 6.42 Å². The van der Waals surface area contributed by atoms with Gasteiger partial charge in [0.05, 0.1) is 0 Å². The Morgan fingerprint density at radius 3 is 2.25 bits per heavy atom. The number of benzene rings is 1. The van der Waals surface area contributed by atoms with Gasteiger partial charge in [-0.05, 0) is 0 Å². The van der Waals surface area contributed by atoms with Crippen LogP contribution in [0.1, 0.15) is 6.42 Å². The van der Waals surface area contributed by atoms with Gasteiger partial charge in [0.2, 0.25) is 0 Å². The van der Waals surface area contributed by atoms with Crippen molar-refractivity contribution in [3.63, 3.8) is 0 Å². The van der Waals surface area contributed by atoms with Gasteiger partial charge in [0.15, 0.2) is 0 Å². The minimum atomic E-state index is -2.74. The van der Waals surface area contributed by atoms with E-state index in [1.54, 1.807) is 0 Å². The molecular formula is C13H14F2Ti. The Labute approximate surface area is 98.0 Å². The molecule has 84 valence electrons. The fraction of sp³-hybridized carbons (Fsp3) is 0.231. The normalized spacial score (nSPS) is 15.4. The SMILES string of the molecule is [CH3][Ti]([CH3])([C]1=CC=CC1)[c]1c(F)cccc1F. The van der Waals surface area contributed by atoms with Gasteiger partial charge in [-0.15, -0.1) is 0 Å². The maximum atomic E-state index is 13.8. The Bertz CT molecular complexity index is 453. The molecule has 0 spiro atoms. The fourth-order valence-corrected chi connectivity index (χ4v) is 6.57. The molecular weight excluding hydrogens is 242 g/mol. The van der Waals surface area contributed by atoms with Crippen LogP contribution in [0.15, 0.2) is 40.3 Å². The monoisotopic (exact) mass is 256 g/mol. The van der Waals surface area contributed by atoms with Crippen molar-refractivity contribution in [2.24, 2.45) is 0 Å². The Morgan fingerprint density at radius 2 is 1.75 bits per heavy atom. The second kappa shape index (κ2) is 4.27. The summed E-state index contributed by atoms with van der Waals surface area (Å²) >= 11 is -2.74. The van der Waals surface area contributed by atoms with Crippen molar-refractivity contribution in [3.05, 3.63) is 51.9 Å². The Hall–Kier alpha value is -0.726. The summed E-state index contributed by atoms with van der Waals surface area (Å²) in [6.07, 6.45) is 6.88. The molecule has 1 aliphatic rings. The molecule has 0 N–H and O–H groups in total. The van der Waals surface area contributed by atoms with E-state index in [4.69, 9.17) is 0 Å². The van der Waals surface area contributed by atoms with Crippen molar-refractivity contribution in [3.8, 4) is 0 Å². The molecule has 0 radical (unpaired) electrons. The quantitative estimate of drug-likeness (QED) is 0.708. The topological polar surface area (TPSA) is 0 Å². The summed E-state index contributed by atoms with van der Waals surface area (Å²) in [5, 5.41) is 4.08. The first kappa shape index (κ1) is 11.8. The third-order valence-corrected chi connectivity index (χ3v) is 8.95. The average molecular weight is 256 g/mol. The fourth-order valence-electron chi connectivity index (χ4n) is 2.17. The molecule has 1 aromatic rings. The molecule has 2 rings (SSSR count). The predicted octanol–water partition coefficient (Wildman–Crippen LogP) is 3.68. The number of allylic oxidation sites excluding steroid dienone is 4. The van der Waals surface area contributed by atoms with Crippen LogP contribution in [0.5, 0.6) is 0 Å². The third kappa shape index (κ3) is 1.92. The van der Waals surface area contributed by atoms with Gasteiger partial charge >= 0.3 is 98.1 Å². The van der Waals surface area contributed by atoms with Crippen molar-refractivity contribution < 1.29 is 25.4 Å². The van der Waals surface area contributed by atoms with Crippen LogP contribution >= 0.6 is 0 Å². The van der Waals surface area contributed by atoms with Crippen LogP contribution in [-0.4, -0.2) is 0 Å². The summed E-state index contributed by atoms with van der Waals surface area (Å²) < 4.78 is 29.1. The van der Waals surface area contributed by atoms with Gasteiger partial charge in [-0.2, -0.15) is 0 Å². The van der Waals surface area contributed by atoms with E-state index in [1.807, 2.05) is 28.7 Å². The van der Waals surface area contributed by atoms with E-state index < -0.39 is 28.2 Å². The standard InChI is InChI=1S/C6H3F2.C5H5.2CH3.Ti/c7-5-2-1-3-6(8)4-5;1-2-4-5-3-1;;;/h1-3H;1-3H,4H2;2*1H3;. The molecule has 0 unspecified atom stereocenters. The number of rotatable bonds is 2. The van der Waals surface area contributed by atoms with Gasteiger partial charge < -0.3 is 0 Å². The van der Waals surface area contributed by atoms with Gasteiger partial charge in [-0.1, -0.05) is 0 Å². The van der Waals surface area contributed by atoms with E-state index in [0.29, 0.717) is 3.87 Å². The first-order chi connectivity index (χ1) is 7.53. The van der Waals surface area contributed by atoms with Crippen LogP contribution < -0.4 is 3.87 Å². The second-order valence-electron chi connectivity index (χ2n) is 4.55. The van der Waals surface area contributed by atoms with Crippen molar-refractivity contribution >= 4 is 3.87 Å². The van der Waals surface area contributed by atoms with Crippen LogP contribution in [-0.2, 0) is 16.6 Å². The van der Waals surface area contributed by atoms with E-state index >= 15 is 0 Å². The molecule has 1 aromatic carbocycles. The number of halogens is 2. The summed E-state index contributed by atoms with van der Waals surface area (Å²) in [7, 11) is 0. The van der Waals surface area contributed by atoms with Gasteiger partial charge in [0.25, 0.3) is 0 Å². The molecule has 1 aliphatic carbocycles. The maximum absolute atomic E-state index is 13.8. The molecule has 0 nitrogen and oxygen atoms in total. The summed E-state index contributed by atoms with van der Waals surface area (Å²) in [6, 6.07) is 4.14. The Balaban J connectivity index is 2.50. The molecule has 0 aliphatic heterocycles. The van der Waals surface area contributed by atoms with Crippen molar-refractivity contribution in [1.82, 2.24) is 0 Å². The Kier molecular flexibility index (Phi) is 3.13. The van der Waals surface area contributed by atoms with Crippen LogP contribution in [0.25, 0.3) is 0 Å². The van der Waals surface area contributed by atoms with Crippen LogP contribution in [0.4, 0.5) is 8.78 Å². The molecule has 0 aromatic heterocycles. The zero-order valence-electron chi connectivity index (χ0n) is 9.43. The molecule has 0 heterocycles. The van der Waals surface area contributed by atoms with E-state index in [9.17, 15) is 8.78 Å². The predicted molar refractivity (Wildman–Crippen MR) is 59.6 cm³/mol. The first-order valence-electron chi connectivity index (χ1n) is 5.34. The number of hydrogen-bond donors (Lipinski definition) is 0. The van der Waals surface area contributed by atoms with Crippen molar-refractivity contribution in [2.75, 3.05) is 0 Å². The molecule has 0 atom stereocenters. The van der Waals surface area contributed by atoms with Gasteiger partial charge in [-0.3, -0.25) is 0 Å². The third-order valence-electron chi connectivity index (χ3n) is 3.16. The first-order valence-corrected chi connectivity index (χ1v) is 10.0. The van der Waals surface area contributed by atoms with Crippen LogP contribution in [0.2, 0.25) is 10.5 Å². The minimum absolute atomic E-state index is 0.345. The molecule has 16 heavy (non-hydrogen) atoms. The van der Waals surface area contributed by atoms with Gasteiger partial charge in [0, 0.05) is 0 Å². The zero-order chi connectivity index (χ0) is 11.8. The molecule has 0 bridgehead atoms. The second-order valence-corrected chi connectivity index (χ2v) is 11.4. The van der Waals surface area contributed by atoms with Crippen LogP contribution in [0, 0.1) is 11.6 Å². The summed E-state index contributed by atoms with van der Waals surface area (Å²) in [6.45, 7) is 0. The van der Waals surface area contributed by atoms with Crippen molar-refractivity contribution in [1.29, 1.82) is 0 Å². The van der Waals surface area contributed by atoms with Crippen molar-refractivity contribution in [2.45, 2.75) is 16.9 Å². The molecule has 3 heteroatoms. The average Bonchev–Trinajstić information content (AvgIpc) is 2.69. The zero-order valence-corrected chi connectivity index (χ0v) is 11.0. The van der Waals surface area contributed by atoms with Gasteiger partial charge in [-0.25, -0.2) is 0 Å². The molecule has 0 saturated carbocycles. The summed E-state index contributed by atoms with van der Waals surface area (Å²) in [5.41, 5.74) is 0. The van der Waals surface area contributed by atoms with Gasteiger partial charge in [0.1, 0.15) is 0 Å². The van der Waals surface area contributed by atoms with Crippen LogP contribution in [0.3, 0.4) is 0 Å². The Morgan fingerprint density at radius 1 is 1.12 bits per heavy atom.